The number of pyridine rings is 1. The van der Waals surface area contributed by atoms with Crippen molar-refractivity contribution in [3.63, 3.8) is 0 Å². The van der Waals surface area contributed by atoms with Crippen LogP contribution in [0, 0.1) is 6.85 Å². The lowest BCUT2D eigenvalue weighted by molar-refractivity contribution is 0.110. The highest BCUT2D eigenvalue weighted by Gasteiger charge is 2.21. The summed E-state index contributed by atoms with van der Waals surface area (Å²) in [6.07, 6.45) is 5.00. The first-order valence-corrected chi connectivity index (χ1v) is 11.5. The van der Waals surface area contributed by atoms with Gasteiger partial charge in [0.1, 0.15) is 11.5 Å². The third-order valence-corrected chi connectivity index (χ3v) is 5.98. The minimum absolute atomic E-state index is 0.0783. The minimum atomic E-state index is -2.24. The standard InChI is InChI=1S/C26H29N7O2/c1-4-13-32-25(34)21-17-27-26(28-19-8-5-7-18(2)16-19)30-24(21)33(32)22-9-6-10-23(29-22)35-20-11-14-31(3)15-12-20/h4-10,16-17,20H,1,11-15H2,2-3H3,(H,27,28,30)/i2D3. The second kappa shape index (κ2) is 9.71. The molecule has 3 aromatic heterocycles. The first kappa shape index (κ1) is 19.3. The van der Waals surface area contributed by atoms with Gasteiger partial charge in [-0.15, -0.1) is 6.58 Å². The van der Waals surface area contributed by atoms with Gasteiger partial charge in [0.2, 0.25) is 11.8 Å². The van der Waals surface area contributed by atoms with Gasteiger partial charge in [-0.2, -0.15) is 9.97 Å². The van der Waals surface area contributed by atoms with Crippen LogP contribution in [0.15, 0.2) is 66.1 Å². The molecule has 0 amide bonds. The van der Waals surface area contributed by atoms with Crippen LogP contribution in [0.2, 0.25) is 0 Å². The van der Waals surface area contributed by atoms with E-state index in [1.54, 1.807) is 35.0 Å². The molecule has 0 aliphatic carbocycles. The molecule has 1 aliphatic heterocycles. The van der Waals surface area contributed by atoms with E-state index in [9.17, 15) is 4.79 Å². The molecular formula is C26H29N7O2. The average Bonchev–Trinajstić information content (AvgIpc) is 3.16. The summed E-state index contributed by atoms with van der Waals surface area (Å²) in [6, 6.07) is 11.9. The predicted molar refractivity (Wildman–Crippen MR) is 137 cm³/mol. The van der Waals surface area contributed by atoms with E-state index in [0.29, 0.717) is 28.4 Å². The van der Waals surface area contributed by atoms with E-state index in [1.165, 1.54) is 16.9 Å². The number of fused-ring (bicyclic) bond motifs is 1. The van der Waals surface area contributed by atoms with Crippen molar-refractivity contribution in [2.45, 2.75) is 32.3 Å². The van der Waals surface area contributed by atoms with Gasteiger partial charge < -0.3 is 15.0 Å². The fourth-order valence-electron chi connectivity index (χ4n) is 4.20. The summed E-state index contributed by atoms with van der Waals surface area (Å²) in [5.74, 6) is 1.16. The maximum atomic E-state index is 13.2. The molecule has 1 aromatic carbocycles. The number of nitrogens with one attached hydrogen (secondary N) is 1. The molecule has 0 atom stereocenters. The summed E-state index contributed by atoms with van der Waals surface area (Å²) >= 11 is 0. The maximum Gasteiger partial charge on any atom is 0.278 e. The lowest BCUT2D eigenvalue weighted by Gasteiger charge is -2.29. The monoisotopic (exact) mass is 474 g/mol. The van der Waals surface area contributed by atoms with Gasteiger partial charge >= 0.3 is 0 Å². The van der Waals surface area contributed by atoms with E-state index in [0.717, 1.165) is 25.9 Å². The number of aryl methyl sites for hydroxylation is 1. The summed E-state index contributed by atoms with van der Waals surface area (Å²) in [4.78, 5) is 29.1. The third kappa shape index (κ3) is 4.81. The van der Waals surface area contributed by atoms with Gasteiger partial charge in [0.15, 0.2) is 11.5 Å². The topological polar surface area (TPSA) is 90.1 Å². The lowest BCUT2D eigenvalue weighted by Crippen LogP contribution is -2.35. The van der Waals surface area contributed by atoms with E-state index in [4.69, 9.17) is 13.8 Å². The molecule has 180 valence electrons. The second-order valence-electron chi connectivity index (χ2n) is 8.58. The number of rotatable bonds is 7. The van der Waals surface area contributed by atoms with E-state index in [-0.39, 0.29) is 29.7 Å². The first-order valence-electron chi connectivity index (χ1n) is 13.0. The molecule has 4 heterocycles. The Labute approximate surface area is 207 Å². The molecule has 9 heteroatoms. The Morgan fingerprint density at radius 2 is 2.06 bits per heavy atom. The number of ether oxygens (including phenoxy) is 1. The van der Waals surface area contributed by atoms with Gasteiger partial charge in [0.05, 0.1) is 6.54 Å². The van der Waals surface area contributed by atoms with Crippen molar-refractivity contribution >= 4 is 22.7 Å². The number of anilines is 2. The molecule has 1 fully saturated rings. The van der Waals surface area contributed by atoms with Crippen LogP contribution in [0.1, 0.15) is 22.5 Å². The van der Waals surface area contributed by atoms with Crippen LogP contribution in [0.5, 0.6) is 5.88 Å². The van der Waals surface area contributed by atoms with Crippen LogP contribution in [0.4, 0.5) is 11.6 Å². The Kier molecular flexibility index (Phi) is 5.37. The van der Waals surface area contributed by atoms with Crippen molar-refractivity contribution in [3.05, 3.63) is 77.2 Å². The van der Waals surface area contributed by atoms with E-state index in [1.807, 2.05) is 12.1 Å². The molecule has 4 aromatic rings. The molecule has 9 nitrogen and oxygen atoms in total. The SMILES string of the molecule is [2H]C([2H])([2H])c1cccc(Nc2ncc3c(=O)n(CC=C)n(-c4cccc(OC5CCN(C)CC5)n4)c3n2)c1. The van der Waals surface area contributed by atoms with Crippen molar-refractivity contribution in [2.75, 3.05) is 25.5 Å². The van der Waals surface area contributed by atoms with Gasteiger partial charge in [-0.25, -0.2) is 14.3 Å². The Morgan fingerprint density at radius 3 is 2.86 bits per heavy atom. The summed E-state index contributed by atoms with van der Waals surface area (Å²) < 4.78 is 32.3. The van der Waals surface area contributed by atoms with E-state index in [2.05, 4.69) is 33.8 Å². The molecule has 1 aliphatic rings. The summed E-state index contributed by atoms with van der Waals surface area (Å²) in [5, 5.41) is 3.37. The van der Waals surface area contributed by atoms with Gasteiger partial charge in [0, 0.05) is 35.2 Å². The zero-order valence-electron chi connectivity index (χ0n) is 22.5. The summed E-state index contributed by atoms with van der Waals surface area (Å²) in [7, 11) is 2.10. The number of nitrogens with zero attached hydrogens (tertiary/aromatic N) is 6. The molecule has 1 saturated heterocycles. The third-order valence-electron chi connectivity index (χ3n) is 5.98. The van der Waals surface area contributed by atoms with Gasteiger partial charge in [-0.3, -0.25) is 4.79 Å². The number of piperidine rings is 1. The molecule has 0 bridgehead atoms. The minimum Gasteiger partial charge on any atom is -0.474 e. The van der Waals surface area contributed by atoms with Crippen LogP contribution in [0.25, 0.3) is 16.9 Å². The smallest absolute Gasteiger partial charge is 0.278 e. The number of hydrogen-bond acceptors (Lipinski definition) is 7. The van der Waals surface area contributed by atoms with E-state index < -0.39 is 6.85 Å². The van der Waals surface area contributed by atoms with Gasteiger partial charge in [-0.05, 0) is 50.5 Å². The van der Waals surface area contributed by atoms with Crippen LogP contribution in [-0.4, -0.2) is 55.5 Å². The van der Waals surface area contributed by atoms with Crippen LogP contribution in [-0.2, 0) is 6.54 Å². The second-order valence-corrected chi connectivity index (χ2v) is 8.58. The molecule has 5 rings (SSSR count). The highest BCUT2D eigenvalue weighted by molar-refractivity contribution is 5.77. The number of hydrogen-bond donors (Lipinski definition) is 1. The Balaban J connectivity index is 1.53. The summed E-state index contributed by atoms with van der Waals surface area (Å²) in [5.41, 5.74) is 0.789. The van der Waals surface area contributed by atoms with Crippen molar-refractivity contribution in [3.8, 4) is 11.7 Å². The molecule has 0 spiro atoms. The van der Waals surface area contributed by atoms with Crippen molar-refractivity contribution in [2.24, 2.45) is 0 Å². The zero-order chi connectivity index (χ0) is 26.9. The van der Waals surface area contributed by atoms with Crippen molar-refractivity contribution in [1.29, 1.82) is 0 Å². The molecule has 35 heavy (non-hydrogen) atoms. The maximum absolute atomic E-state index is 13.2. The van der Waals surface area contributed by atoms with Crippen LogP contribution >= 0.6 is 0 Å². The largest absolute Gasteiger partial charge is 0.474 e. The Bertz CT molecular complexity index is 1520. The fraction of sp³-hybridized carbons (Fsp3) is 0.308. The molecule has 0 radical (unpaired) electrons. The highest BCUT2D eigenvalue weighted by Crippen LogP contribution is 2.22. The lowest BCUT2D eigenvalue weighted by atomic mass is 10.1. The fourth-order valence-corrected chi connectivity index (χ4v) is 4.20. The average molecular weight is 475 g/mol. The molecule has 0 saturated carbocycles. The highest BCUT2D eigenvalue weighted by atomic mass is 16.5. The predicted octanol–water partition coefficient (Wildman–Crippen LogP) is 3.69. The van der Waals surface area contributed by atoms with Crippen molar-refractivity contribution < 1.29 is 8.85 Å². The normalized spacial score (nSPS) is 16.4. The Morgan fingerprint density at radius 1 is 1.23 bits per heavy atom. The number of likely N-dealkylation sites (tertiary alicyclic amines) is 1. The molecule has 0 unspecified atom stereocenters. The molecular weight excluding hydrogens is 442 g/mol. The first-order chi connectivity index (χ1) is 18.2. The number of benzene rings is 1. The van der Waals surface area contributed by atoms with Gasteiger partial charge in [0.25, 0.3) is 5.56 Å². The molecule has 1 N–H and O–H groups in total. The van der Waals surface area contributed by atoms with Crippen LogP contribution in [0.3, 0.4) is 0 Å². The van der Waals surface area contributed by atoms with Crippen LogP contribution < -0.4 is 15.6 Å². The zero-order valence-corrected chi connectivity index (χ0v) is 19.5. The summed E-state index contributed by atoms with van der Waals surface area (Å²) in [6.45, 7) is 3.72. The quantitative estimate of drug-likeness (QED) is 0.409. The van der Waals surface area contributed by atoms with Gasteiger partial charge in [-0.1, -0.05) is 24.3 Å². The Hall–Kier alpha value is -3.98. The number of aromatic nitrogens is 5. The van der Waals surface area contributed by atoms with E-state index >= 15 is 0 Å². The number of allylic oxidation sites excluding steroid dienone is 1. The van der Waals surface area contributed by atoms with Crippen molar-refractivity contribution in [1.82, 2.24) is 29.2 Å².